The molecule has 1 atom stereocenters. The Hall–Kier alpha value is -3.26. The fourth-order valence-electron chi connectivity index (χ4n) is 3.70. The van der Waals surface area contributed by atoms with Gasteiger partial charge in [0.2, 0.25) is 0 Å². The van der Waals surface area contributed by atoms with Crippen molar-refractivity contribution in [1.29, 1.82) is 0 Å². The molecule has 0 radical (unpaired) electrons. The first-order valence-corrected chi connectivity index (χ1v) is 10.7. The normalized spacial score (nSPS) is 12.1. The van der Waals surface area contributed by atoms with Gasteiger partial charge in [0.1, 0.15) is 4.60 Å². The fraction of sp³-hybridized carbons (Fsp3) is 0.217. The molecule has 0 saturated heterocycles. The highest BCUT2D eigenvalue weighted by atomic mass is 79.9. The van der Waals surface area contributed by atoms with Gasteiger partial charge < -0.3 is 10.3 Å². The average Bonchev–Trinajstić information content (AvgIpc) is 3.16. The molecule has 0 saturated carbocycles. The molecule has 0 aliphatic carbocycles. The summed E-state index contributed by atoms with van der Waals surface area (Å²) in [5, 5.41) is 8.02. The zero-order valence-electron chi connectivity index (χ0n) is 17.4. The van der Waals surface area contributed by atoms with Gasteiger partial charge in [0.15, 0.2) is 5.65 Å². The molecule has 8 heteroatoms. The number of hydrogen-bond acceptors (Lipinski definition) is 4. The Morgan fingerprint density at radius 2 is 1.97 bits per heavy atom. The van der Waals surface area contributed by atoms with Crippen molar-refractivity contribution in [3.05, 3.63) is 91.6 Å². The zero-order valence-corrected chi connectivity index (χ0v) is 19.0. The van der Waals surface area contributed by atoms with Crippen LogP contribution in [0, 0.1) is 13.8 Å². The third kappa shape index (κ3) is 4.16. The maximum atomic E-state index is 13.0. The van der Waals surface area contributed by atoms with Gasteiger partial charge >= 0.3 is 0 Å². The highest BCUT2D eigenvalue weighted by molar-refractivity contribution is 9.10. The smallest absolute Gasteiger partial charge is 0.253 e. The molecule has 0 fully saturated rings. The molecule has 1 aromatic carbocycles. The van der Waals surface area contributed by atoms with E-state index in [1.54, 1.807) is 16.9 Å². The van der Waals surface area contributed by atoms with E-state index in [4.69, 9.17) is 0 Å². The number of hydrogen-bond donors (Lipinski definition) is 2. The number of amides is 1. The summed E-state index contributed by atoms with van der Waals surface area (Å²) in [5.74, 6) is -0.292. The van der Waals surface area contributed by atoms with Crippen molar-refractivity contribution in [2.24, 2.45) is 0 Å². The number of halogens is 1. The number of nitrogens with one attached hydrogen (secondary N) is 2. The SMILES string of the molecule is Cc1cc(C)c(CNC(=O)c2cc(Br)nc3c2cnn3C(C)c2ccccc2)c(=O)[nH]1. The van der Waals surface area contributed by atoms with Crippen molar-refractivity contribution in [2.75, 3.05) is 0 Å². The Labute approximate surface area is 187 Å². The number of carbonyl (C=O) groups excluding carboxylic acids is 1. The Kier molecular flexibility index (Phi) is 5.73. The molecular formula is C23H22BrN5O2. The second-order valence-corrected chi connectivity index (χ2v) is 8.34. The molecule has 0 spiro atoms. The number of nitrogens with zero attached hydrogens (tertiary/aromatic N) is 3. The number of aryl methyl sites for hydroxylation is 2. The van der Waals surface area contributed by atoms with E-state index in [1.165, 1.54) is 0 Å². The van der Waals surface area contributed by atoms with Crippen LogP contribution in [0.2, 0.25) is 0 Å². The third-order valence-electron chi connectivity index (χ3n) is 5.35. The number of aromatic amines is 1. The number of fused-ring (bicyclic) bond motifs is 1. The van der Waals surface area contributed by atoms with Gasteiger partial charge in [-0.05, 0) is 60.0 Å². The molecule has 0 aliphatic heterocycles. The highest BCUT2D eigenvalue weighted by Crippen LogP contribution is 2.26. The topological polar surface area (TPSA) is 92.7 Å². The van der Waals surface area contributed by atoms with Gasteiger partial charge in [-0.1, -0.05) is 30.3 Å². The van der Waals surface area contributed by atoms with Crippen LogP contribution in [0.25, 0.3) is 11.0 Å². The van der Waals surface area contributed by atoms with Crippen molar-refractivity contribution >= 4 is 32.9 Å². The first kappa shape index (κ1) is 21.0. The van der Waals surface area contributed by atoms with Crippen molar-refractivity contribution < 1.29 is 4.79 Å². The minimum Gasteiger partial charge on any atom is -0.348 e. The summed E-state index contributed by atoms with van der Waals surface area (Å²) in [5.41, 5.74) is 4.13. The second kappa shape index (κ2) is 8.47. The molecular weight excluding hydrogens is 458 g/mol. The van der Waals surface area contributed by atoms with Crippen molar-refractivity contribution in [3.8, 4) is 0 Å². The van der Waals surface area contributed by atoms with Crippen LogP contribution in [0.15, 0.2) is 58.1 Å². The molecule has 31 heavy (non-hydrogen) atoms. The summed E-state index contributed by atoms with van der Waals surface area (Å²) in [6.07, 6.45) is 1.66. The minimum atomic E-state index is -0.292. The van der Waals surface area contributed by atoms with E-state index in [9.17, 15) is 9.59 Å². The fourth-order valence-corrected chi connectivity index (χ4v) is 4.09. The molecule has 1 amide bonds. The van der Waals surface area contributed by atoms with Crippen LogP contribution in [0.4, 0.5) is 0 Å². The molecule has 0 bridgehead atoms. The third-order valence-corrected chi connectivity index (χ3v) is 5.75. The van der Waals surface area contributed by atoms with Crippen LogP contribution in [0.3, 0.4) is 0 Å². The Morgan fingerprint density at radius 1 is 1.23 bits per heavy atom. The van der Waals surface area contributed by atoms with Gasteiger partial charge in [-0.15, -0.1) is 0 Å². The molecule has 4 aromatic rings. The van der Waals surface area contributed by atoms with Gasteiger partial charge in [-0.25, -0.2) is 9.67 Å². The lowest BCUT2D eigenvalue weighted by Crippen LogP contribution is -2.28. The maximum absolute atomic E-state index is 13.0. The lowest BCUT2D eigenvalue weighted by Gasteiger charge is -2.14. The van der Waals surface area contributed by atoms with E-state index in [0.29, 0.717) is 26.8 Å². The largest absolute Gasteiger partial charge is 0.348 e. The van der Waals surface area contributed by atoms with E-state index < -0.39 is 0 Å². The van der Waals surface area contributed by atoms with Gasteiger partial charge in [0.25, 0.3) is 11.5 Å². The average molecular weight is 480 g/mol. The summed E-state index contributed by atoms with van der Waals surface area (Å²) < 4.78 is 2.35. The second-order valence-electron chi connectivity index (χ2n) is 7.53. The Morgan fingerprint density at radius 3 is 2.68 bits per heavy atom. The van der Waals surface area contributed by atoms with Gasteiger partial charge in [0.05, 0.1) is 23.2 Å². The number of carbonyl (C=O) groups is 1. The van der Waals surface area contributed by atoms with E-state index in [1.807, 2.05) is 57.2 Å². The summed E-state index contributed by atoms with van der Waals surface area (Å²) in [6.45, 7) is 5.86. The lowest BCUT2D eigenvalue weighted by atomic mass is 10.1. The minimum absolute atomic E-state index is 0.0508. The molecule has 1 unspecified atom stereocenters. The van der Waals surface area contributed by atoms with Crippen molar-refractivity contribution in [3.63, 3.8) is 0 Å². The Bertz CT molecular complexity index is 1330. The number of H-pyrrole nitrogens is 1. The molecule has 3 aromatic heterocycles. The van der Waals surface area contributed by atoms with E-state index in [2.05, 4.69) is 36.3 Å². The molecule has 0 aliphatic rings. The van der Waals surface area contributed by atoms with Crippen LogP contribution in [0.5, 0.6) is 0 Å². The quantitative estimate of drug-likeness (QED) is 0.422. The van der Waals surface area contributed by atoms with E-state index in [-0.39, 0.29) is 24.1 Å². The van der Waals surface area contributed by atoms with Crippen molar-refractivity contribution in [1.82, 2.24) is 25.1 Å². The molecule has 3 heterocycles. The van der Waals surface area contributed by atoms with Crippen LogP contribution in [-0.2, 0) is 6.54 Å². The summed E-state index contributed by atoms with van der Waals surface area (Å²) in [4.78, 5) is 32.6. The number of benzene rings is 1. The van der Waals surface area contributed by atoms with Crippen LogP contribution in [0.1, 0.15) is 45.7 Å². The summed E-state index contributed by atoms with van der Waals surface area (Å²) in [6, 6.07) is 13.5. The first-order chi connectivity index (χ1) is 14.8. The predicted molar refractivity (Wildman–Crippen MR) is 123 cm³/mol. The molecule has 7 nitrogen and oxygen atoms in total. The van der Waals surface area contributed by atoms with E-state index in [0.717, 1.165) is 16.8 Å². The molecule has 4 rings (SSSR count). The monoisotopic (exact) mass is 479 g/mol. The van der Waals surface area contributed by atoms with E-state index >= 15 is 0 Å². The van der Waals surface area contributed by atoms with Crippen LogP contribution < -0.4 is 10.9 Å². The summed E-state index contributed by atoms with van der Waals surface area (Å²) in [7, 11) is 0. The van der Waals surface area contributed by atoms with Crippen LogP contribution in [-0.4, -0.2) is 25.7 Å². The number of rotatable bonds is 5. The standard InChI is InChI=1S/C23H22BrN5O2/c1-13-9-14(2)27-23(31)18(13)11-25-22(30)17-10-20(24)28-21-19(17)12-26-29(21)15(3)16-7-5-4-6-8-16/h4-10,12,15H,11H2,1-3H3,(H,25,30)(H,27,31). The molecule has 2 N–H and O–H groups in total. The zero-order chi connectivity index (χ0) is 22.1. The van der Waals surface area contributed by atoms with Crippen LogP contribution >= 0.6 is 15.9 Å². The Balaban J connectivity index is 1.66. The molecule has 158 valence electrons. The number of aromatic nitrogens is 4. The first-order valence-electron chi connectivity index (χ1n) is 9.91. The predicted octanol–water partition coefficient (Wildman–Crippen LogP) is 4.04. The maximum Gasteiger partial charge on any atom is 0.253 e. The number of pyridine rings is 2. The highest BCUT2D eigenvalue weighted by Gasteiger charge is 2.19. The van der Waals surface area contributed by atoms with Gasteiger partial charge in [-0.3, -0.25) is 9.59 Å². The summed E-state index contributed by atoms with van der Waals surface area (Å²) >= 11 is 3.42. The van der Waals surface area contributed by atoms with Crippen molar-refractivity contribution in [2.45, 2.75) is 33.4 Å². The van der Waals surface area contributed by atoms with Gasteiger partial charge in [0, 0.05) is 17.8 Å². The lowest BCUT2D eigenvalue weighted by molar-refractivity contribution is 0.0952. The van der Waals surface area contributed by atoms with Gasteiger partial charge in [-0.2, -0.15) is 5.10 Å².